The molecule has 0 atom stereocenters. The van der Waals surface area contributed by atoms with Crippen molar-refractivity contribution in [2.24, 2.45) is 0 Å². The Balaban J connectivity index is 2.60. The van der Waals surface area contributed by atoms with Gasteiger partial charge in [-0.25, -0.2) is 14.8 Å². The Morgan fingerprint density at radius 2 is 2.47 bits per heavy atom. The number of carbonyl (C=O) groups is 1. The molecule has 0 fully saturated rings. The van der Waals surface area contributed by atoms with Crippen molar-refractivity contribution >= 4 is 11.8 Å². The van der Waals surface area contributed by atoms with E-state index in [0.29, 0.717) is 18.8 Å². The number of rotatable bonds is 5. The van der Waals surface area contributed by atoms with Gasteiger partial charge >= 0.3 is 5.97 Å². The van der Waals surface area contributed by atoms with Crippen LogP contribution in [0.2, 0.25) is 0 Å². The van der Waals surface area contributed by atoms with Gasteiger partial charge in [-0.05, 0) is 6.42 Å². The summed E-state index contributed by atoms with van der Waals surface area (Å²) in [6.07, 6.45) is 9.08. The van der Waals surface area contributed by atoms with E-state index in [0.717, 1.165) is 6.42 Å². The summed E-state index contributed by atoms with van der Waals surface area (Å²) in [5, 5.41) is 11.7. The fraction of sp³-hybridized carbons (Fsp3) is 0.300. The highest BCUT2D eigenvalue weighted by atomic mass is 16.4. The highest BCUT2D eigenvalue weighted by molar-refractivity contribution is 5.92. The van der Waals surface area contributed by atoms with Crippen molar-refractivity contribution in [3.63, 3.8) is 0 Å². The van der Waals surface area contributed by atoms with Crippen LogP contribution in [0, 0.1) is 12.3 Å². The van der Waals surface area contributed by atoms with Gasteiger partial charge in [-0.1, -0.05) is 0 Å². The number of hydrogen-bond donors (Lipinski definition) is 2. The van der Waals surface area contributed by atoms with Crippen LogP contribution in [0.5, 0.6) is 0 Å². The van der Waals surface area contributed by atoms with Gasteiger partial charge in [-0.2, -0.15) is 0 Å². The number of carboxylic acids is 1. The Hall–Kier alpha value is -2.09. The minimum absolute atomic E-state index is 0.0678. The lowest BCUT2D eigenvalue weighted by atomic mass is 10.3. The average molecular weight is 205 g/mol. The lowest BCUT2D eigenvalue weighted by molar-refractivity contribution is 0.0697. The fourth-order valence-corrected chi connectivity index (χ4v) is 1.02. The van der Waals surface area contributed by atoms with Gasteiger partial charge in [0.2, 0.25) is 0 Å². The molecule has 0 saturated carbocycles. The van der Waals surface area contributed by atoms with E-state index in [4.69, 9.17) is 11.5 Å². The first-order valence-corrected chi connectivity index (χ1v) is 4.46. The van der Waals surface area contributed by atoms with Crippen LogP contribution in [-0.4, -0.2) is 27.6 Å². The number of carboxylic acid groups (broad SMARTS) is 1. The van der Waals surface area contributed by atoms with Gasteiger partial charge in [0.05, 0.1) is 0 Å². The molecule has 5 nitrogen and oxygen atoms in total. The van der Waals surface area contributed by atoms with Crippen molar-refractivity contribution in [3.05, 3.63) is 18.1 Å². The van der Waals surface area contributed by atoms with Gasteiger partial charge in [0.15, 0.2) is 0 Å². The second kappa shape index (κ2) is 5.60. The third-order valence-electron chi connectivity index (χ3n) is 1.73. The number of aromatic nitrogens is 2. The van der Waals surface area contributed by atoms with Crippen LogP contribution in [0.4, 0.5) is 5.82 Å². The molecule has 0 radical (unpaired) electrons. The third kappa shape index (κ3) is 3.27. The number of hydrogen-bond acceptors (Lipinski definition) is 4. The van der Waals surface area contributed by atoms with Gasteiger partial charge in [-0.3, -0.25) is 0 Å². The highest BCUT2D eigenvalue weighted by Gasteiger charge is 2.09. The highest BCUT2D eigenvalue weighted by Crippen LogP contribution is 2.09. The Kier molecular flexibility index (Phi) is 4.10. The van der Waals surface area contributed by atoms with Crippen LogP contribution < -0.4 is 5.32 Å². The second-order valence-electron chi connectivity index (χ2n) is 2.82. The summed E-state index contributed by atoms with van der Waals surface area (Å²) in [6.45, 7) is 0.599. The zero-order valence-electron chi connectivity index (χ0n) is 8.10. The normalized spacial score (nSPS) is 9.27. The van der Waals surface area contributed by atoms with E-state index >= 15 is 0 Å². The van der Waals surface area contributed by atoms with Crippen molar-refractivity contribution in [3.8, 4) is 12.3 Å². The van der Waals surface area contributed by atoms with Crippen LogP contribution in [0.1, 0.15) is 23.2 Å². The summed E-state index contributed by atoms with van der Waals surface area (Å²) in [5.41, 5.74) is 0.0678. The fourth-order valence-electron chi connectivity index (χ4n) is 1.02. The zero-order valence-corrected chi connectivity index (χ0v) is 8.10. The molecule has 0 saturated heterocycles. The molecule has 1 rings (SSSR count). The van der Waals surface area contributed by atoms with Gasteiger partial charge in [-0.15, -0.1) is 12.3 Å². The lowest BCUT2D eigenvalue weighted by Crippen LogP contribution is -2.09. The molecule has 15 heavy (non-hydrogen) atoms. The SMILES string of the molecule is C#CCCCNc1ncncc1C(=O)O. The van der Waals surface area contributed by atoms with Crippen molar-refractivity contribution in [2.45, 2.75) is 12.8 Å². The van der Waals surface area contributed by atoms with Crippen LogP contribution in [0.3, 0.4) is 0 Å². The predicted octanol–water partition coefficient (Wildman–Crippen LogP) is 1.00. The number of anilines is 1. The third-order valence-corrected chi connectivity index (χ3v) is 1.73. The maximum atomic E-state index is 10.8. The second-order valence-corrected chi connectivity index (χ2v) is 2.82. The summed E-state index contributed by atoms with van der Waals surface area (Å²) in [4.78, 5) is 18.2. The van der Waals surface area contributed by atoms with E-state index in [1.165, 1.54) is 12.5 Å². The smallest absolute Gasteiger partial charge is 0.341 e. The van der Waals surface area contributed by atoms with E-state index in [2.05, 4.69) is 21.2 Å². The number of unbranched alkanes of at least 4 members (excludes halogenated alkanes) is 1. The van der Waals surface area contributed by atoms with E-state index in [9.17, 15) is 4.79 Å². The first-order valence-electron chi connectivity index (χ1n) is 4.46. The molecule has 0 amide bonds. The molecular formula is C10H11N3O2. The van der Waals surface area contributed by atoms with Gasteiger partial charge < -0.3 is 10.4 Å². The van der Waals surface area contributed by atoms with Gasteiger partial charge in [0.1, 0.15) is 17.7 Å². The van der Waals surface area contributed by atoms with Crippen molar-refractivity contribution in [1.29, 1.82) is 0 Å². The molecule has 78 valence electrons. The van der Waals surface area contributed by atoms with Crippen molar-refractivity contribution < 1.29 is 9.90 Å². The first-order chi connectivity index (χ1) is 7.25. The minimum atomic E-state index is -1.05. The number of nitrogens with one attached hydrogen (secondary N) is 1. The Morgan fingerprint density at radius 3 is 3.13 bits per heavy atom. The van der Waals surface area contributed by atoms with Crippen LogP contribution in [-0.2, 0) is 0 Å². The number of terminal acetylenes is 1. The lowest BCUT2D eigenvalue weighted by Gasteiger charge is -2.05. The molecule has 1 aromatic rings. The summed E-state index contributed by atoms with van der Waals surface area (Å²) in [7, 11) is 0. The van der Waals surface area contributed by atoms with Crippen LogP contribution >= 0.6 is 0 Å². The Morgan fingerprint density at radius 1 is 1.67 bits per heavy atom. The molecule has 1 aromatic heterocycles. The molecule has 5 heteroatoms. The molecule has 2 N–H and O–H groups in total. The zero-order chi connectivity index (χ0) is 11.1. The summed E-state index contributed by atoms with van der Waals surface area (Å²) in [6, 6.07) is 0. The molecule has 0 aliphatic heterocycles. The number of nitrogens with zero attached hydrogens (tertiary/aromatic N) is 2. The Bertz CT molecular complexity index is 384. The van der Waals surface area contributed by atoms with E-state index in [1.54, 1.807) is 0 Å². The quantitative estimate of drug-likeness (QED) is 0.554. The molecule has 0 unspecified atom stereocenters. The van der Waals surface area contributed by atoms with Crippen molar-refractivity contribution in [1.82, 2.24) is 9.97 Å². The molecule has 0 aliphatic carbocycles. The molecule has 0 aliphatic rings. The maximum absolute atomic E-state index is 10.8. The molecule has 0 bridgehead atoms. The van der Waals surface area contributed by atoms with E-state index in [1.807, 2.05) is 0 Å². The number of aromatic carboxylic acids is 1. The standard InChI is InChI=1S/C10H11N3O2/c1-2-3-4-5-12-9-8(10(14)15)6-11-7-13-9/h1,6-7H,3-5H2,(H,14,15)(H,11,12,13). The summed E-state index contributed by atoms with van der Waals surface area (Å²) >= 11 is 0. The molecular weight excluding hydrogens is 194 g/mol. The monoisotopic (exact) mass is 205 g/mol. The average Bonchev–Trinajstić information content (AvgIpc) is 2.25. The largest absolute Gasteiger partial charge is 0.477 e. The Labute approximate surface area is 87.6 Å². The first kappa shape index (κ1) is 11.0. The minimum Gasteiger partial charge on any atom is -0.477 e. The van der Waals surface area contributed by atoms with E-state index < -0.39 is 5.97 Å². The topological polar surface area (TPSA) is 75.1 Å². The van der Waals surface area contributed by atoms with Crippen LogP contribution in [0.15, 0.2) is 12.5 Å². The molecule has 0 spiro atoms. The summed E-state index contributed by atoms with van der Waals surface area (Å²) < 4.78 is 0. The molecule has 0 aromatic carbocycles. The molecule has 1 heterocycles. The van der Waals surface area contributed by atoms with Crippen molar-refractivity contribution in [2.75, 3.05) is 11.9 Å². The van der Waals surface area contributed by atoms with Gasteiger partial charge in [0.25, 0.3) is 0 Å². The van der Waals surface area contributed by atoms with Crippen LogP contribution in [0.25, 0.3) is 0 Å². The predicted molar refractivity (Wildman–Crippen MR) is 55.5 cm³/mol. The van der Waals surface area contributed by atoms with Gasteiger partial charge in [0, 0.05) is 19.2 Å². The maximum Gasteiger partial charge on any atom is 0.341 e. The van der Waals surface area contributed by atoms with E-state index in [-0.39, 0.29) is 5.56 Å². The summed E-state index contributed by atoms with van der Waals surface area (Å²) in [5.74, 6) is 1.78.